The summed E-state index contributed by atoms with van der Waals surface area (Å²) in [6.45, 7) is -0.00763. The Hall–Kier alpha value is -4.59. The zero-order valence-corrected chi connectivity index (χ0v) is 27.9. The lowest BCUT2D eigenvalue weighted by atomic mass is 10.0. The van der Waals surface area contributed by atoms with Crippen LogP contribution in [0.2, 0.25) is 0 Å². The molecule has 0 bridgehead atoms. The molecule has 0 aliphatic carbocycles. The van der Waals surface area contributed by atoms with E-state index in [-0.39, 0.29) is 31.8 Å². The van der Waals surface area contributed by atoms with Gasteiger partial charge < -0.3 is 24.6 Å². The number of fused-ring (bicyclic) bond motifs is 1. The van der Waals surface area contributed by atoms with E-state index in [1.165, 1.54) is 0 Å². The number of aliphatic hydroxyl groups excluding tert-OH is 1. The van der Waals surface area contributed by atoms with Gasteiger partial charge in [0, 0.05) is 17.7 Å². The molecule has 2 saturated heterocycles. The van der Waals surface area contributed by atoms with Gasteiger partial charge in [-0.05, 0) is 41.0 Å². The van der Waals surface area contributed by atoms with Crippen molar-refractivity contribution in [1.82, 2.24) is 10.3 Å². The standard InChI is InChI=1S/C37H33N3O7S2/c41-20-23-13-15-25(16-14-23)31-18-28(22-48-37-39-29-11-4-5-12-32(29)49-37)46-35(47-31)26-9-6-10-27(17-26)40-33(42)19-30(34(40)43)38-36(44)45-21-24-7-2-1-3-8-24/h1-17,28,30-31,35,41H,18-22H2,(H,38,44). The molecule has 1 aromatic heterocycles. The van der Waals surface area contributed by atoms with E-state index < -0.39 is 30.2 Å². The second-order valence-corrected chi connectivity index (χ2v) is 14.0. The molecule has 2 fully saturated rings. The topological polar surface area (TPSA) is 127 Å². The van der Waals surface area contributed by atoms with Crippen molar-refractivity contribution < 1.29 is 33.7 Å². The third kappa shape index (κ3) is 7.69. The number of thiazole rings is 1. The van der Waals surface area contributed by atoms with E-state index in [4.69, 9.17) is 19.2 Å². The van der Waals surface area contributed by atoms with Gasteiger partial charge in [0.2, 0.25) is 5.91 Å². The SMILES string of the molecule is O=C(NC1CC(=O)N(c2cccc(C3OC(CSc4nc5ccccc5s4)CC(c4ccc(CO)cc4)O3)c2)C1=O)OCc1ccccc1. The van der Waals surface area contributed by atoms with Crippen LogP contribution in [0.5, 0.6) is 0 Å². The molecule has 2 aliphatic rings. The second kappa shape index (κ2) is 14.9. The molecule has 250 valence electrons. The van der Waals surface area contributed by atoms with Crippen LogP contribution in [-0.2, 0) is 37.0 Å². The van der Waals surface area contributed by atoms with Crippen LogP contribution in [0.3, 0.4) is 0 Å². The second-order valence-electron chi connectivity index (χ2n) is 11.7. The third-order valence-electron chi connectivity index (χ3n) is 8.33. The van der Waals surface area contributed by atoms with E-state index in [2.05, 4.69) is 11.4 Å². The molecule has 7 rings (SSSR count). The Bertz CT molecular complexity index is 1920. The summed E-state index contributed by atoms with van der Waals surface area (Å²) in [6.07, 6.45) is -1.65. The van der Waals surface area contributed by atoms with Gasteiger partial charge in [-0.2, -0.15) is 0 Å². The number of aromatic nitrogens is 1. The number of hydrogen-bond acceptors (Lipinski definition) is 10. The number of nitrogens with one attached hydrogen (secondary N) is 1. The van der Waals surface area contributed by atoms with Gasteiger partial charge in [-0.25, -0.2) is 14.7 Å². The number of para-hydroxylation sites is 1. The van der Waals surface area contributed by atoms with Gasteiger partial charge >= 0.3 is 6.09 Å². The Labute approximate surface area is 291 Å². The summed E-state index contributed by atoms with van der Waals surface area (Å²) in [4.78, 5) is 44.8. The van der Waals surface area contributed by atoms with Crippen LogP contribution < -0.4 is 10.2 Å². The molecule has 3 heterocycles. The zero-order chi connectivity index (χ0) is 33.7. The number of anilines is 1. The summed E-state index contributed by atoms with van der Waals surface area (Å²) in [5.41, 5.74) is 4.53. The van der Waals surface area contributed by atoms with Crippen LogP contribution in [0.4, 0.5) is 10.5 Å². The highest BCUT2D eigenvalue weighted by Crippen LogP contribution is 2.41. The maximum atomic E-state index is 13.4. The van der Waals surface area contributed by atoms with Gasteiger partial charge in [0.15, 0.2) is 10.6 Å². The number of hydrogen-bond donors (Lipinski definition) is 2. The molecule has 0 saturated carbocycles. The normalized spacial score (nSPS) is 20.9. The molecule has 3 amide bonds. The smallest absolute Gasteiger partial charge is 0.408 e. The van der Waals surface area contributed by atoms with Gasteiger partial charge in [-0.15, -0.1) is 11.3 Å². The van der Waals surface area contributed by atoms with Crippen molar-refractivity contribution in [2.24, 2.45) is 0 Å². The number of thioether (sulfide) groups is 1. The molecular weight excluding hydrogens is 663 g/mol. The van der Waals surface area contributed by atoms with Crippen molar-refractivity contribution in [1.29, 1.82) is 0 Å². The largest absolute Gasteiger partial charge is 0.445 e. The monoisotopic (exact) mass is 695 g/mol. The van der Waals surface area contributed by atoms with Gasteiger partial charge in [-0.3, -0.25) is 9.59 Å². The van der Waals surface area contributed by atoms with Crippen LogP contribution >= 0.6 is 23.1 Å². The quantitative estimate of drug-likeness (QED) is 0.121. The summed E-state index contributed by atoms with van der Waals surface area (Å²) in [5, 5.41) is 12.1. The lowest BCUT2D eigenvalue weighted by Gasteiger charge is -2.36. The lowest BCUT2D eigenvalue weighted by molar-refractivity contribution is -0.245. The maximum Gasteiger partial charge on any atom is 0.408 e. The summed E-state index contributed by atoms with van der Waals surface area (Å²) in [6, 6.07) is 30.8. The Balaban J connectivity index is 1.06. The molecule has 10 nitrogen and oxygen atoms in total. The maximum absolute atomic E-state index is 13.4. The number of ether oxygens (including phenoxy) is 3. The fourth-order valence-corrected chi connectivity index (χ4v) is 7.95. The minimum absolute atomic E-state index is 0.0430. The van der Waals surface area contributed by atoms with Crippen molar-refractivity contribution in [3.8, 4) is 0 Å². The Morgan fingerprint density at radius 1 is 0.939 bits per heavy atom. The first-order chi connectivity index (χ1) is 23.9. The number of imide groups is 1. The summed E-state index contributed by atoms with van der Waals surface area (Å²) < 4.78 is 20.4. The molecule has 4 unspecified atom stereocenters. The molecule has 12 heteroatoms. The van der Waals surface area contributed by atoms with Crippen LogP contribution in [-0.4, -0.2) is 45.9 Å². The first-order valence-electron chi connectivity index (χ1n) is 15.9. The van der Waals surface area contributed by atoms with Crippen molar-refractivity contribution in [2.45, 2.75) is 54.9 Å². The highest BCUT2D eigenvalue weighted by molar-refractivity contribution is 8.01. The molecule has 0 radical (unpaired) electrons. The Kier molecular flexibility index (Phi) is 10.0. The predicted octanol–water partition coefficient (Wildman–Crippen LogP) is 6.68. The van der Waals surface area contributed by atoms with Gasteiger partial charge in [-0.1, -0.05) is 90.6 Å². The number of carbonyl (C=O) groups is 3. The average molecular weight is 696 g/mol. The minimum atomic E-state index is -1.04. The fraction of sp³-hybridized carbons (Fsp3) is 0.243. The van der Waals surface area contributed by atoms with Crippen molar-refractivity contribution >= 4 is 56.9 Å². The average Bonchev–Trinajstić information content (AvgIpc) is 3.69. The predicted molar refractivity (Wildman–Crippen MR) is 186 cm³/mol. The minimum Gasteiger partial charge on any atom is -0.445 e. The van der Waals surface area contributed by atoms with Crippen molar-refractivity contribution in [3.63, 3.8) is 0 Å². The van der Waals surface area contributed by atoms with Crippen molar-refractivity contribution in [2.75, 3.05) is 10.7 Å². The lowest BCUT2D eigenvalue weighted by Crippen LogP contribution is -2.42. The zero-order valence-electron chi connectivity index (χ0n) is 26.3. The Morgan fingerprint density at radius 3 is 2.53 bits per heavy atom. The van der Waals surface area contributed by atoms with Crippen molar-refractivity contribution in [3.05, 3.63) is 125 Å². The first-order valence-corrected chi connectivity index (χ1v) is 17.7. The number of amides is 3. The van der Waals surface area contributed by atoms with Gasteiger partial charge in [0.25, 0.3) is 5.91 Å². The number of aliphatic hydroxyl groups is 1. The molecule has 0 spiro atoms. The molecule has 4 aromatic carbocycles. The van der Waals surface area contributed by atoms with Crippen LogP contribution in [0.25, 0.3) is 10.2 Å². The molecule has 49 heavy (non-hydrogen) atoms. The summed E-state index contributed by atoms with van der Waals surface area (Å²) in [5.74, 6) is -0.342. The molecular formula is C37H33N3O7S2. The van der Waals surface area contributed by atoms with Crippen LogP contribution in [0.1, 0.15) is 47.5 Å². The number of rotatable bonds is 10. The van der Waals surface area contributed by atoms with Gasteiger partial charge in [0.1, 0.15) is 12.6 Å². The number of carbonyl (C=O) groups excluding carboxylic acids is 3. The van der Waals surface area contributed by atoms with Crippen LogP contribution in [0.15, 0.2) is 107 Å². The van der Waals surface area contributed by atoms with E-state index in [1.807, 2.05) is 78.9 Å². The third-order valence-corrected chi connectivity index (χ3v) is 10.6. The fourth-order valence-electron chi connectivity index (χ4n) is 5.83. The Morgan fingerprint density at radius 2 is 1.73 bits per heavy atom. The van der Waals surface area contributed by atoms with E-state index in [0.29, 0.717) is 23.4 Å². The highest BCUT2D eigenvalue weighted by Gasteiger charge is 2.41. The number of benzene rings is 4. The summed E-state index contributed by atoms with van der Waals surface area (Å²) in [7, 11) is 0. The summed E-state index contributed by atoms with van der Waals surface area (Å²) >= 11 is 3.28. The first kappa shape index (κ1) is 32.9. The van der Waals surface area contributed by atoms with E-state index >= 15 is 0 Å². The van der Waals surface area contributed by atoms with Gasteiger partial charge in [0.05, 0.1) is 41.1 Å². The number of nitrogens with zero attached hydrogens (tertiary/aromatic N) is 2. The molecule has 4 atom stereocenters. The number of alkyl carbamates (subject to hydrolysis) is 1. The molecule has 5 aromatic rings. The van der Waals surface area contributed by atoms with E-state index in [0.717, 1.165) is 36.1 Å². The van der Waals surface area contributed by atoms with E-state index in [1.54, 1.807) is 41.3 Å². The highest BCUT2D eigenvalue weighted by atomic mass is 32.2. The molecule has 2 N–H and O–H groups in total. The van der Waals surface area contributed by atoms with Crippen LogP contribution in [0, 0.1) is 0 Å². The molecule has 2 aliphatic heterocycles. The van der Waals surface area contributed by atoms with E-state index in [9.17, 15) is 19.5 Å².